The Hall–Kier alpha value is -2.44. The number of hydrogen-bond acceptors (Lipinski definition) is 5. The van der Waals surface area contributed by atoms with Crippen molar-refractivity contribution in [2.45, 2.75) is 6.92 Å². The number of amides is 1. The van der Waals surface area contributed by atoms with Gasteiger partial charge in [-0.1, -0.05) is 0 Å². The van der Waals surface area contributed by atoms with Gasteiger partial charge in [0.2, 0.25) is 5.95 Å². The molecular weight excluding hydrogens is 268 g/mol. The number of piperazine rings is 1. The molecule has 3 rings (SSSR count). The SMILES string of the molecule is Cc1cnc(C(=O)N2CCN(c3nccn3C)CC2)cn1. The lowest BCUT2D eigenvalue weighted by Gasteiger charge is -2.35. The summed E-state index contributed by atoms with van der Waals surface area (Å²) in [5, 5.41) is 0. The first-order valence-electron chi connectivity index (χ1n) is 6.95. The molecule has 0 radical (unpaired) electrons. The van der Waals surface area contributed by atoms with Gasteiger partial charge in [-0.15, -0.1) is 0 Å². The Balaban J connectivity index is 1.64. The second-order valence-electron chi connectivity index (χ2n) is 5.16. The highest BCUT2D eigenvalue weighted by atomic mass is 16.2. The molecule has 0 unspecified atom stereocenters. The van der Waals surface area contributed by atoms with Crippen LogP contribution in [0, 0.1) is 6.92 Å². The molecular formula is C14H18N6O. The first-order valence-corrected chi connectivity index (χ1v) is 6.95. The van der Waals surface area contributed by atoms with Crippen LogP contribution in [-0.4, -0.2) is 56.5 Å². The topological polar surface area (TPSA) is 67.2 Å². The number of carbonyl (C=O) groups is 1. The zero-order chi connectivity index (χ0) is 14.8. The van der Waals surface area contributed by atoms with Gasteiger partial charge in [-0.2, -0.15) is 0 Å². The molecule has 1 aliphatic rings. The van der Waals surface area contributed by atoms with E-state index >= 15 is 0 Å². The Kier molecular flexibility index (Phi) is 3.55. The summed E-state index contributed by atoms with van der Waals surface area (Å²) in [6, 6.07) is 0. The van der Waals surface area contributed by atoms with E-state index in [1.807, 2.05) is 29.6 Å². The Morgan fingerprint density at radius 3 is 2.43 bits per heavy atom. The number of anilines is 1. The summed E-state index contributed by atoms with van der Waals surface area (Å²) in [6.07, 6.45) is 6.88. The van der Waals surface area contributed by atoms with E-state index in [1.54, 1.807) is 18.6 Å². The average Bonchev–Trinajstić information content (AvgIpc) is 2.94. The van der Waals surface area contributed by atoms with Gasteiger partial charge in [-0.3, -0.25) is 9.78 Å². The quantitative estimate of drug-likeness (QED) is 0.803. The van der Waals surface area contributed by atoms with Crippen molar-refractivity contribution >= 4 is 11.9 Å². The van der Waals surface area contributed by atoms with Gasteiger partial charge < -0.3 is 14.4 Å². The minimum atomic E-state index is -0.0537. The van der Waals surface area contributed by atoms with E-state index in [-0.39, 0.29) is 5.91 Å². The van der Waals surface area contributed by atoms with Gasteiger partial charge in [0.1, 0.15) is 5.69 Å². The summed E-state index contributed by atoms with van der Waals surface area (Å²) < 4.78 is 1.99. The summed E-state index contributed by atoms with van der Waals surface area (Å²) in [6.45, 7) is 4.74. The number of rotatable bonds is 2. The highest BCUT2D eigenvalue weighted by Crippen LogP contribution is 2.14. The smallest absolute Gasteiger partial charge is 0.274 e. The average molecular weight is 286 g/mol. The van der Waals surface area contributed by atoms with Crippen LogP contribution in [0.1, 0.15) is 16.2 Å². The summed E-state index contributed by atoms with van der Waals surface area (Å²) >= 11 is 0. The van der Waals surface area contributed by atoms with Crippen molar-refractivity contribution < 1.29 is 4.79 Å². The van der Waals surface area contributed by atoms with E-state index in [9.17, 15) is 4.79 Å². The molecule has 1 saturated heterocycles. The van der Waals surface area contributed by atoms with Crippen LogP contribution in [0.4, 0.5) is 5.95 Å². The van der Waals surface area contributed by atoms with Gasteiger partial charge in [0.25, 0.3) is 5.91 Å². The van der Waals surface area contributed by atoms with Crippen LogP contribution in [-0.2, 0) is 7.05 Å². The number of aryl methyl sites for hydroxylation is 2. The van der Waals surface area contributed by atoms with Gasteiger partial charge >= 0.3 is 0 Å². The predicted molar refractivity (Wildman–Crippen MR) is 78.1 cm³/mol. The molecule has 1 aliphatic heterocycles. The summed E-state index contributed by atoms with van der Waals surface area (Å²) in [7, 11) is 1.97. The van der Waals surface area contributed by atoms with E-state index < -0.39 is 0 Å². The first kappa shape index (κ1) is 13.5. The van der Waals surface area contributed by atoms with Gasteiger partial charge in [0.15, 0.2) is 0 Å². The van der Waals surface area contributed by atoms with Gasteiger partial charge in [-0.05, 0) is 6.92 Å². The van der Waals surface area contributed by atoms with Gasteiger partial charge in [-0.25, -0.2) is 9.97 Å². The van der Waals surface area contributed by atoms with Crippen LogP contribution in [0.3, 0.4) is 0 Å². The van der Waals surface area contributed by atoms with E-state index in [1.165, 1.54) is 0 Å². The molecule has 0 aromatic carbocycles. The molecule has 0 spiro atoms. The van der Waals surface area contributed by atoms with Gasteiger partial charge in [0.05, 0.1) is 11.9 Å². The third-order valence-corrected chi connectivity index (χ3v) is 3.65. The molecule has 0 aliphatic carbocycles. The fourth-order valence-electron chi connectivity index (χ4n) is 2.44. The van der Waals surface area contributed by atoms with Crippen LogP contribution in [0.5, 0.6) is 0 Å². The molecule has 110 valence electrons. The standard InChI is InChI=1S/C14H18N6O/c1-11-9-17-12(10-16-11)13(21)19-5-7-20(8-6-19)14-15-3-4-18(14)2/h3-4,9-10H,5-8H2,1-2H3. The second kappa shape index (κ2) is 5.51. The fraction of sp³-hybridized carbons (Fsp3) is 0.429. The Labute approximate surface area is 123 Å². The molecule has 1 fully saturated rings. The molecule has 0 atom stereocenters. The van der Waals surface area contributed by atoms with Crippen LogP contribution in [0.15, 0.2) is 24.8 Å². The van der Waals surface area contributed by atoms with Crippen LogP contribution in [0.25, 0.3) is 0 Å². The van der Waals surface area contributed by atoms with Crippen LogP contribution in [0.2, 0.25) is 0 Å². The largest absolute Gasteiger partial charge is 0.339 e. The Bertz CT molecular complexity index is 627. The molecule has 0 saturated carbocycles. The number of carbonyl (C=O) groups excluding carboxylic acids is 1. The summed E-state index contributed by atoms with van der Waals surface area (Å²) in [5.41, 5.74) is 1.22. The molecule has 7 heteroatoms. The second-order valence-corrected chi connectivity index (χ2v) is 5.16. The molecule has 1 amide bonds. The number of hydrogen-bond donors (Lipinski definition) is 0. The number of aromatic nitrogens is 4. The zero-order valence-electron chi connectivity index (χ0n) is 12.2. The maximum absolute atomic E-state index is 12.4. The summed E-state index contributed by atoms with van der Waals surface area (Å²) in [4.78, 5) is 29.0. The minimum Gasteiger partial charge on any atom is -0.339 e. The lowest BCUT2D eigenvalue weighted by atomic mass is 10.3. The van der Waals surface area contributed by atoms with Crippen molar-refractivity contribution in [1.82, 2.24) is 24.4 Å². The van der Waals surface area contributed by atoms with Crippen molar-refractivity contribution in [1.29, 1.82) is 0 Å². The fourth-order valence-corrected chi connectivity index (χ4v) is 2.44. The molecule has 0 bridgehead atoms. The lowest BCUT2D eigenvalue weighted by molar-refractivity contribution is 0.0739. The molecule has 2 aromatic heterocycles. The van der Waals surface area contributed by atoms with E-state index in [4.69, 9.17) is 0 Å². The van der Waals surface area contributed by atoms with Crippen molar-refractivity contribution in [3.05, 3.63) is 36.2 Å². The third-order valence-electron chi connectivity index (χ3n) is 3.65. The minimum absolute atomic E-state index is 0.0537. The predicted octanol–water partition coefficient (Wildman–Crippen LogP) is 0.481. The Morgan fingerprint density at radius 1 is 1.10 bits per heavy atom. The number of nitrogens with zero attached hydrogens (tertiary/aromatic N) is 6. The van der Waals surface area contributed by atoms with E-state index in [0.717, 1.165) is 24.7 Å². The maximum atomic E-state index is 12.4. The van der Waals surface area contributed by atoms with Crippen molar-refractivity contribution in [2.24, 2.45) is 7.05 Å². The van der Waals surface area contributed by atoms with Crippen molar-refractivity contribution in [2.75, 3.05) is 31.1 Å². The first-order chi connectivity index (χ1) is 10.1. The highest BCUT2D eigenvalue weighted by Gasteiger charge is 2.24. The Morgan fingerprint density at radius 2 is 1.86 bits per heavy atom. The van der Waals surface area contributed by atoms with Gasteiger partial charge in [0, 0.05) is 51.8 Å². The van der Waals surface area contributed by atoms with E-state index in [0.29, 0.717) is 18.8 Å². The monoisotopic (exact) mass is 286 g/mol. The van der Waals surface area contributed by atoms with Crippen LogP contribution < -0.4 is 4.90 Å². The summed E-state index contributed by atoms with van der Waals surface area (Å²) in [5.74, 6) is 0.888. The van der Waals surface area contributed by atoms with Crippen LogP contribution >= 0.6 is 0 Å². The molecule has 7 nitrogen and oxygen atoms in total. The highest BCUT2D eigenvalue weighted by molar-refractivity contribution is 5.92. The van der Waals surface area contributed by atoms with Crippen molar-refractivity contribution in [3.8, 4) is 0 Å². The molecule has 2 aromatic rings. The third kappa shape index (κ3) is 2.72. The lowest BCUT2D eigenvalue weighted by Crippen LogP contribution is -2.49. The molecule has 0 N–H and O–H groups in total. The molecule has 3 heterocycles. The maximum Gasteiger partial charge on any atom is 0.274 e. The number of imidazole rings is 1. The zero-order valence-corrected chi connectivity index (χ0v) is 12.2. The van der Waals surface area contributed by atoms with E-state index in [2.05, 4.69) is 19.9 Å². The van der Waals surface area contributed by atoms with Crippen molar-refractivity contribution in [3.63, 3.8) is 0 Å². The molecule has 21 heavy (non-hydrogen) atoms. The normalized spacial score (nSPS) is 15.3.